The van der Waals surface area contributed by atoms with Gasteiger partial charge in [0.2, 0.25) is 5.91 Å². The number of hydrogen-bond acceptors (Lipinski definition) is 4. The quantitative estimate of drug-likeness (QED) is 0.374. The molecule has 0 spiro atoms. The zero-order valence-corrected chi connectivity index (χ0v) is 9.49. The van der Waals surface area contributed by atoms with Crippen LogP contribution in [0.25, 0.3) is 0 Å². The van der Waals surface area contributed by atoms with Crippen LogP contribution < -0.4 is 16.4 Å². The van der Waals surface area contributed by atoms with Crippen molar-refractivity contribution < 1.29 is 19.8 Å². The number of carbonyl (C=O) groups excluding carboxylic acids is 2. The molecule has 0 fully saturated rings. The van der Waals surface area contributed by atoms with Gasteiger partial charge in [-0.2, -0.15) is 0 Å². The van der Waals surface area contributed by atoms with Gasteiger partial charge in [0.25, 0.3) is 0 Å². The number of hydrogen-bond donors (Lipinski definition) is 5. The monoisotopic (exact) mass is 233 g/mol. The number of urea groups is 1. The van der Waals surface area contributed by atoms with E-state index in [4.69, 9.17) is 15.9 Å². The predicted molar refractivity (Wildman–Crippen MR) is 57.5 cm³/mol. The lowest BCUT2D eigenvalue weighted by Crippen LogP contribution is -2.58. The van der Waals surface area contributed by atoms with E-state index in [0.29, 0.717) is 6.42 Å². The Hall–Kier alpha value is -1.34. The Labute approximate surface area is 94.0 Å². The molecule has 0 aromatic carbocycles. The number of nitrogens with one attached hydrogen (secondary N) is 2. The van der Waals surface area contributed by atoms with Crippen LogP contribution in [0.1, 0.15) is 20.3 Å². The summed E-state index contributed by atoms with van der Waals surface area (Å²) in [6.45, 7) is 2.41. The molecule has 0 aliphatic carbocycles. The lowest BCUT2D eigenvalue weighted by Gasteiger charge is -2.31. The highest BCUT2D eigenvalue weighted by molar-refractivity contribution is 5.86. The first kappa shape index (κ1) is 14.7. The molecule has 94 valence electrons. The minimum absolute atomic E-state index is 0.370. The molecule has 0 rings (SSSR count). The molecule has 7 nitrogen and oxygen atoms in total. The minimum Gasteiger partial charge on any atom is -0.394 e. The third-order valence-corrected chi connectivity index (χ3v) is 2.42. The van der Waals surface area contributed by atoms with Gasteiger partial charge in [-0.05, 0) is 13.3 Å². The third-order valence-electron chi connectivity index (χ3n) is 2.42. The Kier molecular flexibility index (Phi) is 5.76. The molecule has 0 aliphatic rings. The number of nitrogens with two attached hydrogens (primary N) is 1. The first-order chi connectivity index (χ1) is 7.40. The van der Waals surface area contributed by atoms with Gasteiger partial charge < -0.3 is 26.6 Å². The van der Waals surface area contributed by atoms with Crippen molar-refractivity contribution in [3.8, 4) is 0 Å². The molecule has 0 radical (unpaired) electrons. The van der Waals surface area contributed by atoms with E-state index in [1.165, 1.54) is 6.92 Å². The Morgan fingerprint density at radius 2 is 1.88 bits per heavy atom. The summed E-state index contributed by atoms with van der Waals surface area (Å²) in [6.07, 6.45) is 0.370. The van der Waals surface area contributed by atoms with Gasteiger partial charge in [-0.15, -0.1) is 0 Å². The highest BCUT2D eigenvalue weighted by Crippen LogP contribution is 2.08. The van der Waals surface area contributed by atoms with Crippen LogP contribution in [0.5, 0.6) is 0 Å². The largest absolute Gasteiger partial charge is 0.394 e. The van der Waals surface area contributed by atoms with Gasteiger partial charge in [0.05, 0.1) is 18.8 Å². The summed E-state index contributed by atoms with van der Waals surface area (Å²) in [4.78, 5) is 22.1. The Morgan fingerprint density at radius 1 is 1.38 bits per heavy atom. The standard InChI is InChI=1S/C9H19N3O4/c1-3-9(4-13,5-14)12-7(15)6(2)11-8(10)16/h6,13-14H,3-5H2,1-2H3,(H,12,15)(H3,10,11,16). The van der Waals surface area contributed by atoms with Crippen LogP contribution in [0.15, 0.2) is 0 Å². The number of aliphatic hydroxyl groups is 2. The van der Waals surface area contributed by atoms with Crippen molar-refractivity contribution in [2.75, 3.05) is 13.2 Å². The smallest absolute Gasteiger partial charge is 0.312 e. The van der Waals surface area contributed by atoms with Crippen LogP contribution in [-0.4, -0.2) is 46.9 Å². The summed E-state index contributed by atoms with van der Waals surface area (Å²) in [6, 6.07) is -1.63. The van der Waals surface area contributed by atoms with E-state index in [-0.39, 0.29) is 13.2 Å². The Balaban J connectivity index is 4.45. The van der Waals surface area contributed by atoms with Crippen molar-refractivity contribution in [2.45, 2.75) is 31.8 Å². The van der Waals surface area contributed by atoms with Crippen molar-refractivity contribution in [1.29, 1.82) is 0 Å². The molecular weight excluding hydrogens is 214 g/mol. The van der Waals surface area contributed by atoms with Crippen molar-refractivity contribution in [3.63, 3.8) is 0 Å². The number of carbonyl (C=O) groups is 2. The summed E-state index contributed by atoms with van der Waals surface area (Å²) in [5.74, 6) is -0.510. The van der Waals surface area contributed by atoms with E-state index in [1.807, 2.05) is 0 Å². The number of primary amides is 1. The van der Waals surface area contributed by atoms with Crippen molar-refractivity contribution in [3.05, 3.63) is 0 Å². The summed E-state index contributed by atoms with van der Waals surface area (Å²) >= 11 is 0. The Bertz CT molecular complexity index is 245. The fourth-order valence-corrected chi connectivity index (χ4v) is 1.09. The fourth-order valence-electron chi connectivity index (χ4n) is 1.09. The van der Waals surface area contributed by atoms with Gasteiger partial charge in [-0.3, -0.25) is 4.79 Å². The Morgan fingerprint density at radius 3 is 2.19 bits per heavy atom. The van der Waals surface area contributed by atoms with Gasteiger partial charge in [0.15, 0.2) is 0 Å². The lowest BCUT2D eigenvalue weighted by molar-refractivity contribution is -0.126. The summed E-state index contributed by atoms with van der Waals surface area (Å²) in [7, 11) is 0. The van der Waals surface area contributed by atoms with Crippen LogP contribution in [0, 0.1) is 0 Å². The molecule has 0 saturated carbocycles. The van der Waals surface area contributed by atoms with Gasteiger partial charge in [-0.25, -0.2) is 4.79 Å². The highest BCUT2D eigenvalue weighted by Gasteiger charge is 2.30. The van der Waals surface area contributed by atoms with Crippen molar-refractivity contribution in [1.82, 2.24) is 10.6 Å². The molecule has 0 aromatic rings. The highest BCUT2D eigenvalue weighted by atomic mass is 16.3. The second-order valence-corrected chi connectivity index (χ2v) is 3.67. The average Bonchev–Trinajstić information content (AvgIpc) is 2.25. The van der Waals surface area contributed by atoms with E-state index in [0.717, 1.165) is 0 Å². The number of amides is 3. The molecule has 0 aromatic heterocycles. The van der Waals surface area contributed by atoms with Crippen LogP contribution in [0.4, 0.5) is 4.79 Å². The van der Waals surface area contributed by atoms with E-state index in [9.17, 15) is 9.59 Å². The topological polar surface area (TPSA) is 125 Å². The van der Waals surface area contributed by atoms with Crippen molar-refractivity contribution in [2.24, 2.45) is 5.73 Å². The minimum atomic E-state index is -1.06. The van der Waals surface area contributed by atoms with E-state index < -0.39 is 23.5 Å². The lowest BCUT2D eigenvalue weighted by atomic mass is 9.98. The summed E-state index contributed by atoms with van der Waals surface area (Å²) in [5.41, 5.74) is 3.80. The zero-order chi connectivity index (χ0) is 12.8. The molecule has 0 heterocycles. The first-order valence-corrected chi connectivity index (χ1v) is 5.00. The van der Waals surface area contributed by atoms with E-state index >= 15 is 0 Å². The van der Waals surface area contributed by atoms with Crippen LogP contribution >= 0.6 is 0 Å². The second kappa shape index (κ2) is 6.29. The molecule has 0 aliphatic heterocycles. The SMILES string of the molecule is CCC(CO)(CO)NC(=O)C(C)NC(N)=O. The first-order valence-electron chi connectivity index (χ1n) is 5.00. The van der Waals surface area contributed by atoms with Crippen molar-refractivity contribution >= 4 is 11.9 Å². The van der Waals surface area contributed by atoms with Gasteiger partial charge >= 0.3 is 6.03 Å². The molecule has 3 amide bonds. The molecule has 1 unspecified atom stereocenters. The van der Waals surface area contributed by atoms with E-state index in [1.54, 1.807) is 6.92 Å². The van der Waals surface area contributed by atoms with Crippen LogP contribution in [0.2, 0.25) is 0 Å². The van der Waals surface area contributed by atoms with Gasteiger partial charge in [0.1, 0.15) is 6.04 Å². The molecule has 16 heavy (non-hydrogen) atoms. The maximum atomic E-state index is 11.6. The second-order valence-electron chi connectivity index (χ2n) is 3.67. The normalized spacial score (nSPS) is 13.0. The van der Waals surface area contributed by atoms with Crippen LogP contribution in [-0.2, 0) is 4.79 Å². The summed E-state index contributed by atoms with van der Waals surface area (Å²) < 4.78 is 0. The molecule has 6 N–H and O–H groups in total. The average molecular weight is 233 g/mol. The number of rotatable bonds is 6. The van der Waals surface area contributed by atoms with E-state index in [2.05, 4.69) is 10.6 Å². The zero-order valence-electron chi connectivity index (χ0n) is 9.49. The number of aliphatic hydroxyl groups excluding tert-OH is 2. The van der Waals surface area contributed by atoms with Gasteiger partial charge in [0, 0.05) is 0 Å². The molecule has 0 bridgehead atoms. The molecular formula is C9H19N3O4. The molecule has 1 atom stereocenters. The maximum absolute atomic E-state index is 11.6. The molecule has 7 heteroatoms. The fraction of sp³-hybridized carbons (Fsp3) is 0.778. The van der Waals surface area contributed by atoms with Crippen LogP contribution in [0.3, 0.4) is 0 Å². The molecule has 0 saturated heterocycles. The summed E-state index contributed by atoms with van der Waals surface area (Å²) in [5, 5.41) is 22.9. The predicted octanol–water partition coefficient (Wildman–Crippen LogP) is -1.71. The third kappa shape index (κ3) is 4.03. The maximum Gasteiger partial charge on any atom is 0.312 e. The van der Waals surface area contributed by atoms with Gasteiger partial charge in [-0.1, -0.05) is 6.92 Å².